The highest BCUT2D eigenvalue weighted by molar-refractivity contribution is 5.92. The van der Waals surface area contributed by atoms with Gasteiger partial charge in [0, 0.05) is 31.2 Å². The molecule has 10 heteroatoms. The smallest absolute Gasteiger partial charge is 0.180 e. The van der Waals surface area contributed by atoms with Crippen molar-refractivity contribution in [2.24, 2.45) is 7.05 Å². The summed E-state index contributed by atoms with van der Waals surface area (Å²) in [7, 11) is 1.88. The van der Waals surface area contributed by atoms with Crippen molar-refractivity contribution in [2.75, 3.05) is 0 Å². The van der Waals surface area contributed by atoms with Crippen molar-refractivity contribution in [3.63, 3.8) is 0 Å². The number of H-pyrrole nitrogens is 2. The number of hydrogen-bond acceptors (Lipinski definition) is 6. The molecule has 0 atom stereocenters. The maximum absolute atomic E-state index is 4.81. The van der Waals surface area contributed by atoms with Crippen molar-refractivity contribution in [1.29, 1.82) is 0 Å². The van der Waals surface area contributed by atoms with Gasteiger partial charge in [0.25, 0.3) is 0 Å². The fourth-order valence-corrected chi connectivity index (χ4v) is 3.56. The maximum Gasteiger partial charge on any atom is 0.180 e. The minimum absolute atomic E-state index is 0.601. The van der Waals surface area contributed by atoms with Gasteiger partial charge < -0.3 is 9.55 Å². The Morgan fingerprint density at radius 2 is 1.97 bits per heavy atom. The van der Waals surface area contributed by atoms with Gasteiger partial charge in [0.2, 0.25) is 0 Å². The predicted molar refractivity (Wildman–Crippen MR) is 111 cm³/mol. The van der Waals surface area contributed by atoms with Crippen LogP contribution in [0.3, 0.4) is 0 Å². The van der Waals surface area contributed by atoms with Gasteiger partial charge >= 0.3 is 0 Å². The van der Waals surface area contributed by atoms with E-state index in [0.29, 0.717) is 17.2 Å². The second kappa shape index (κ2) is 6.08. The molecule has 10 nitrogen and oxygen atoms in total. The molecule has 0 aliphatic carbocycles. The molecule has 6 aromatic rings. The van der Waals surface area contributed by atoms with Gasteiger partial charge in [-0.25, -0.2) is 19.9 Å². The summed E-state index contributed by atoms with van der Waals surface area (Å²) in [5.41, 5.74) is 7.23. The lowest BCUT2D eigenvalue weighted by molar-refractivity contribution is 0.768. The van der Waals surface area contributed by atoms with E-state index in [1.165, 1.54) is 0 Å². The summed E-state index contributed by atoms with van der Waals surface area (Å²) < 4.78 is 3.70. The van der Waals surface area contributed by atoms with Crippen LogP contribution < -0.4 is 0 Å². The number of aryl methyl sites for hydroxylation is 2. The van der Waals surface area contributed by atoms with Gasteiger partial charge in [0.15, 0.2) is 17.2 Å². The molecule has 0 bridgehead atoms. The third-order valence-electron chi connectivity index (χ3n) is 4.99. The van der Waals surface area contributed by atoms with Crippen molar-refractivity contribution in [3.8, 4) is 28.5 Å². The van der Waals surface area contributed by atoms with Crippen LogP contribution in [0.5, 0.6) is 0 Å². The Balaban J connectivity index is 1.52. The second-order valence-electron chi connectivity index (χ2n) is 7.10. The molecule has 6 aromatic heterocycles. The molecule has 30 heavy (non-hydrogen) atoms. The summed E-state index contributed by atoms with van der Waals surface area (Å²) in [4.78, 5) is 21.6. The van der Waals surface area contributed by atoms with Gasteiger partial charge in [-0.05, 0) is 25.1 Å². The number of fused-ring (bicyclic) bond motifs is 2. The lowest BCUT2D eigenvalue weighted by atomic mass is 10.2. The zero-order chi connectivity index (χ0) is 20.2. The molecule has 0 saturated heterocycles. The summed E-state index contributed by atoms with van der Waals surface area (Å²) >= 11 is 0. The minimum atomic E-state index is 0.601. The highest BCUT2D eigenvalue weighted by Crippen LogP contribution is 2.28. The van der Waals surface area contributed by atoms with Crippen molar-refractivity contribution in [3.05, 3.63) is 55.0 Å². The quantitative estimate of drug-likeness (QED) is 0.475. The van der Waals surface area contributed by atoms with Gasteiger partial charge in [-0.15, -0.1) is 0 Å². The molecule has 0 unspecified atom stereocenters. The first-order chi connectivity index (χ1) is 14.7. The van der Waals surface area contributed by atoms with Crippen molar-refractivity contribution < 1.29 is 0 Å². The first-order valence-electron chi connectivity index (χ1n) is 9.36. The molecular weight excluding hydrogens is 380 g/mol. The van der Waals surface area contributed by atoms with Crippen LogP contribution in [0.4, 0.5) is 0 Å². The van der Waals surface area contributed by atoms with Crippen LogP contribution in [-0.2, 0) is 7.05 Å². The lowest BCUT2D eigenvalue weighted by Crippen LogP contribution is -1.92. The molecular formula is C20H16N10. The van der Waals surface area contributed by atoms with Crippen LogP contribution in [-0.4, -0.2) is 49.5 Å². The zero-order valence-corrected chi connectivity index (χ0v) is 16.2. The van der Waals surface area contributed by atoms with Crippen molar-refractivity contribution in [1.82, 2.24) is 49.5 Å². The number of nitrogens with zero attached hydrogens (tertiary/aromatic N) is 8. The van der Waals surface area contributed by atoms with E-state index in [9.17, 15) is 0 Å². The van der Waals surface area contributed by atoms with E-state index in [2.05, 4.69) is 35.2 Å². The van der Waals surface area contributed by atoms with E-state index in [4.69, 9.17) is 4.98 Å². The molecule has 6 rings (SSSR count). The van der Waals surface area contributed by atoms with Gasteiger partial charge in [-0.2, -0.15) is 10.2 Å². The molecule has 0 spiro atoms. The van der Waals surface area contributed by atoms with Crippen LogP contribution >= 0.6 is 0 Å². The summed E-state index contributed by atoms with van der Waals surface area (Å²) in [6.07, 6.45) is 9.19. The van der Waals surface area contributed by atoms with Crippen LogP contribution in [0, 0.1) is 6.92 Å². The molecule has 0 fully saturated rings. The Hall–Kier alpha value is -4.34. The number of nitrogens with one attached hydrogen (secondary N) is 2. The van der Waals surface area contributed by atoms with Crippen molar-refractivity contribution >= 4 is 22.2 Å². The SMILES string of the molecule is Cc1cn(-c2ccnc3nc(-c4n[nH]c5ccc(-c6cnn(C)c6)nc45)[nH]c23)cn1. The molecule has 0 aromatic carbocycles. The number of rotatable bonds is 3. The van der Waals surface area contributed by atoms with E-state index >= 15 is 0 Å². The third kappa shape index (κ3) is 2.50. The summed E-state index contributed by atoms with van der Waals surface area (Å²) in [5, 5.41) is 11.7. The number of hydrogen-bond donors (Lipinski definition) is 2. The van der Waals surface area contributed by atoms with Gasteiger partial charge in [-0.1, -0.05) is 0 Å². The average Bonchev–Trinajstić information content (AvgIpc) is 3.52. The normalized spacial score (nSPS) is 11.7. The molecule has 0 radical (unpaired) electrons. The van der Waals surface area contributed by atoms with E-state index in [0.717, 1.165) is 39.2 Å². The summed E-state index contributed by atoms with van der Waals surface area (Å²) in [6.45, 7) is 1.95. The first-order valence-corrected chi connectivity index (χ1v) is 9.36. The van der Waals surface area contributed by atoms with Crippen molar-refractivity contribution in [2.45, 2.75) is 6.92 Å². The monoisotopic (exact) mass is 396 g/mol. The molecule has 2 N–H and O–H groups in total. The maximum atomic E-state index is 4.81. The molecule has 0 aliphatic rings. The van der Waals surface area contributed by atoms with Gasteiger partial charge in [0.1, 0.15) is 11.0 Å². The molecule has 0 saturated carbocycles. The molecule has 0 aliphatic heterocycles. The number of aromatic nitrogens is 10. The van der Waals surface area contributed by atoms with Crippen LogP contribution in [0.1, 0.15) is 5.69 Å². The number of aromatic amines is 2. The fraction of sp³-hybridized carbons (Fsp3) is 0.100. The Labute approximate surface area is 169 Å². The Morgan fingerprint density at radius 3 is 2.77 bits per heavy atom. The van der Waals surface area contributed by atoms with E-state index < -0.39 is 0 Å². The fourth-order valence-electron chi connectivity index (χ4n) is 3.56. The largest absolute Gasteiger partial charge is 0.333 e. The summed E-state index contributed by atoms with van der Waals surface area (Å²) in [6, 6.07) is 5.83. The standard InChI is InChI=1S/C20H16N10/c1-11-8-30(10-22-11)15-5-6-21-19-17(15)25-20(26-19)18-16-14(27-28-18)4-3-13(24-16)12-7-23-29(2)9-12/h3-10H,1-2H3,(H,27,28)(H,21,25,26). The number of pyridine rings is 2. The number of imidazole rings is 2. The predicted octanol–water partition coefficient (Wildman–Crippen LogP) is 2.79. The Morgan fingerprint density at radius 1 is 1.03 bits per heavy atom. The minimum Gasteiger partial charge on any atom is -0.333 e. The first kappa shape index (κ1) is 16.6. The van der Waals surface area contributed by atoms with Crippen LogP contribution in [0.25, 0.3) is 50.7 Å². The van der Waals surface area contributed by atoms with E-state index in [-0.39, 0.29) is 0 Å². The highest BCUT2D eigenvalue weighted by Gasteiger charge is 2.17. The van der Waals surface area contributed by atoms with Crippen LogP contribution in [0.2, 0.25) is 0 Å². The van der Waals surface area contributed by atoms with Gasteiger partial charge in [-0.3, -0.25) is 9.78 Å². The van der Waals surface area contributed by atoms with E-state index in [1.807, 2.05) is 49.1 Å². The van der Waals surface area contributed by atoms with E-state index in [1.54, 1.807) is 23.4 Å². The van der Waals surface area contributed by atoms with Gasteiger partial charge in [0.05, 0.1) is 35.1 Å². The molecule has 146 valence electrons. The Kier molecular flexibility index (Phi) is 3.36. The topological polar surface area (TPSA) is 119 Å². The lowest BCUT2D eigenvalue weighted by Gasteiger charge is -2.01. The zero-order valence-electron chi connectivity index (χ0n) is 16.2. The Bertz CT molecular complexity index is 1530. The second-order valence-corrected chi connectivity index (χ2v) is 7.10. The summed E-state index contributed by atoms with van der Waals surface area (Å²) in [5.74, 6) is 0.601. The average molecular weight is 396 g/mol. The third-order valence-corrected chi connectivity index (χ3v) is 4.99. The molecule has 0 amide bonds. The molecule has 6 heterocycles. The highest BCUT2D eigenvalue weighted by atomic mass is 15.2. The van der Waals surface area contributed by atoms with Crippen LogP contribution in [0.15, 0.2) is 49.3 Å².